The molecule has 1 aliphatic rings. The molecule has 0 bridgehead atoms. The Bertz CT molecular complexity index is 1210. The number of amides is 1. The first-order valence-corrected chi connectivity index (χ1v) is 12.8. The van der Waals surface area contributed by atoms with Crippen LogP contribution in [-0.4, -0.2) is 60.9 Å². The lowest BCUT2D eigenvalue weighted by Gasteiger charge is -2.26. The molecule has 174 valence electrons. The maximum Gasteiger partial charge on any atom is 0.277 e. The molecule has 9 nitrogen and oxygen atoms in total. The Morgan fingerprint density at radius 1 is 1.12 bits per heavy atom. The summed E-state index contributed by atoms with van der Waals surface area (Å²) in [7, 11) is -3.65. The van der Waals surface area contributed by atoms with Crippen molar-refractivity contribution in [1.29, 1.82) is 0 Å². The molecular weight excluding hydrogens is 464 g/mol. The van der Waals surface area contributed by atoms with Gasteiger partial charge in [0.2, 0.25) is 21.8 Å². The molecule has 1 aliphatic heterocycles. The number of morpholine rings is 1. The number of nitrogens with one attached hydrogen (secondary N) is 1. The van der Waals surface area contributed by atoms with Crippen molar-refractivity contribution in [1.82, 2.24) is 14.5 Å². The summed E-state index contributed by atoms with van der Waals surface area (Å²) in [6.45, 7) is 3.17. The van der Waals surface area contributed by atoms with Gasteiger partial charge in [0.1, 0.15) is 0 Å². The molecule has 0 unspecified atom stereocenters. The summed E-state index contributed by atoms with van der Waals surface area (Å²) >= 11 is 1.12. The highest BCUT2D eigenvalue weighted by Gasteiger charge is 2.27. The Morgan fingerprint density at radius 2 is 1.88 bits per heavy atom. The summed E-state index contributed by atoms with van der Waals surface area (Å²) in [6.07, 6.45) is 0.518. The van der Waals surface area contributed by atoms with Gasteiger partial charge in [-0.05, 0) is 30.2 Å². The lowest BCUT2D eigenvalue weighted by molar-refractivity contribution is -0.113. The van der Waals surface area contributed by atoms with Gasteiger partial charge in [0, 0.05) is 18.8 Å². The molecule has 0 radical (unpaired) electrons. The molecule has 0 saturated carbocycles. The standard InChI is InChI=1S/C22H24N4O5S2/c1-16-7-8-18(33(28,29)26-9-11-30-12-10-26)14-19(16)23-20(27)15-32-22-25-24-21(31-22)13-17-5-3-2-4-6-17/h2-8,14H,9-13,15H2,1H3,(H,23,27). The zero-order valence-corrected chi connectivity index (χ0v) is 19.7. The number of hydrogen-bond acceptors (Lipinski definition) is 8. The van der Waals surface area contributed by atoms with Crippen LogP contribution in [0.2, 0.25) is 0 Å². The van der Waals surface area contributed by atoms with Gasteiger partial charge in [0.15, 0.2) is 0 Å². The number of ether oxygens (including phenoxy) is 1. The van der Waals surface area contributed by atoms with Crippen molar-refractivity contribution in [3.63, 3.8) is 0 Å². The number of nitrogens with zero attached hydrogens (tertiary/aromatic N) is 3. The van der Waals surface area contributed by atoms with Crippen LogP contribution in [0, 0.1) is 6.92 Å². The minimum absolute atomic E-state index is 0.0485. The summed E-state index contributed by atoms with van der Waals surface area (Å²) < 4.78 is 38.1. The van der Waals surface area contributed by atoms with E-state index in [4.69, 9.17) is 9.15 Å². The predicted octanol–water partition coefficient (Wildman–Crippen LogP) is 2.72. The van der Waals surface area contributed by atoms with Crippen molar-refractivity contribution >= 4 is 33.4 Å². The number of aromatic nitrogens is 2. The molecule has 1 fully saturated rings. The number of sulfonamides is 1. The Morgan fingerprint density at radius 3 is 2.64 bits per heavy atom. The van der Waals surface area contributed by atoms with E-state index in [1.54, 1.807) is 12.1 Å². The fourth-order valence-corrected chi connectivity index (χ4v) is 5.30. The average Bonchev–Trinajstić information content (AvgIpc) is 3.27. The zero-order chi connectivity index (χ0) is 23.3. The van der Waals surface area contributed by atoms with Gasteiger partial charge in [0.05, 0.1) is 30.3 Å². The second kappa shape index (κ2) is 10.5. The van der Waals surface area contributed by atoms with E-state index in [0.717, 1.165) is 22.9 Å². The smallest absolute Gasteiger partial charge is 0.277 e. The van der Waals surface area contributed by atoms with E-state index in [2.05, 4.69) is 15.5 Å². The fourth-order valence-electron chi connectivity index (χ4n) is 3.28. The second-order valence-electron chi connectivity index (χ2n) is 7.45. The monoisotopic (exact) mass is 488 g/mol. The molecule has 1 aromatic heterocycles. The molecular formula is C22H24N4O5S2. The lowest BCUT2D eigenvalue weighted by atomic mass is 10.2. The second-order valence-corrected chi connectivity index (χ2v) is 10.3. The summed E-state index contributed by atoms with van der Waals surface area (Å²) in [5.41, 5.74) is 2.26. The molecule has 0 aliphatic carbocycles. The summed E-state index contributed by atoms with van der Waals surface area (Å²) in [5.74, 6) is 0.222. The van der Waals surface area contributed by atoms with E-state index < -0.39 is 10.0 Å². The Labute approximate surface area is 196 Å². The Balaban J connectivity index is 1.36. The van der Waals surface area contributed by atoms with Gasteiger partial charge in [-0.15, -0.1) is 10.2 Å². The molecule has 0 atom stereocenters. The van der Waals surface area contributed by atoms with Crippen LogP contribution >= 0.6 is 11.8 Å². The third kappa shape index (κ3) is 5.99. The number of carbonyl (C=O) groups excluding carboxylic acids is 1. The largest absolute Gasteiger partial charge is 0.416 e. The molecule has 1 N–H and O–H groups in total. The van der Waals surface area contributed by atoms with Crippen molar-refractivity contribution in [2.75, 3.05) is 37.4 Å². The molecule has 1 saturated heterocycles. The van der Waals surface area contributed by atoms with Gasteiger partial charge in [0.25, 0.3) is 5.22 Å². The van der Waals surface area contributed by atoms with Crippen LogP contribution in [0.25, 0.3) is 0 Å². The van der Waals surface area contributed by atoms with Crippen LogP contribution in [0.3, 0.4) is 0 Å². The first kappa shape index (κ1) is 23.4. The minimum Gasteiger partial charge on any atom is -0.416 e. The lowest BCUT2D eigenvalue weighted by Crippen LogP contribution is -2.40. The van der Waals surface area contributed by atoms with E-state index in [9.17, 15) is 13.2 Å². The molecule has 0 spiro atoms. The van der Waals surface area contributed by atoms with Crippen LogP contribution in [0.1, 0.15) is 17.0 Å². The van der Waals surface area contributed by atoms with Crippen LogP contribution in [0.15, 0.2) is 63.1 Å². The molecule has 2 heterocycles. The van der Waals surface area contributed by atoms with Crippen LogP contribution in [0.4, 0.5) is 5.69 Å². The quantitative estimate of drug-likeness (QED) is 0.482. The van der Waals surface area contributed by atoms with Crippen molar-refractivity contribution in [3.05, 3.63) is 65.5 Å². The van der Waals surface area contributed by atoms with Crippen molar-refractivity contribution in [2.45, 2.75) is 23.5 Å². The van der Waals surface area contributed by atoms with E-state index in [0.29, 0.717) is 49.5 Å². The van der Waals surface area contributed by atoms with E-state index in [1.165, 1.54) is 10.4 Å². The summed E-state index contributed by atoms with van der Waals surface area (Å²) in [4.78, 5) is 12.6. The number of hydrogen-bond donors (Lipinski definition) is 1. The van der Waals surface area contributed by atoms with Crippen LogP contribution in [-0.2, 0) is 26.0 Å². The van der Waals surface area contributed by atoms with Crippen LogP contribution in [0.5, 0.6) is 0 Å². The van der Waals surface area contributed by atoms with Crippen molar-refractivity contribution in [2.24, 2.45) is 0 Å². The van der Waals surface area contributed by atoms with Gasteiger partial charge in [-0.3, -0.25) is 4.79 Å². The molecule has 2 aromatic carbocycles. The predicted molar refractivity (Wildman–Crippen MR) is 124 cm³/mol. The molecule has 3 aromatic rings. The van der Waals surface area contributed by atoms with E-state index >= 15 is 0 Å². The van der Waals surface area contributed by atoms with Gasteiger partial charge >= 0.3 is 0 Å². The van der Waals surface area contributed by atoms with E-state index in [-0.39, 0.29) is 16.6 Å². The topological polar surface area (TPSA) is 115 Å². The van der Waals surface area contributed by atoms with E-state index in [1.807, 2.05) is 37.3 Å². The van der Waals surface area contributed by atoms with Crippen molar-refractivity contribution < 1.29 is 22.4 Å². The zero-order valence-electron chi connectivity index (χ0n) is 18.1. The van der Waals surface area contributed by atoms with Gasteiger partial charge in [-0.1, -0.05) is 48.2 Å². The third-order valence-corrected chi connectivity index (χ3v) is 7.78. The first-order chi connectivity index (χ1) is 15.9. The number of carbonyl (C=O) groups is 1. The summed E-state index contributed by atoms with van der Waals surface area (Å²) in [6, 6.07) is 14.5. The van der Waals surface area contributed by atoms with Gasteiger partial charge < -0.3 is 14.5 Å². The fraction of sp³-hybridized carbons (Fsp3) is 0.318. The highest BCUT2D eigenvalue weighted by atomic mass is 32.2. The van der Waals surface area contributed by atoms with Gasteiger partial charge in [-0.25, -0.2) is 8.42 Å². The number of anilines is 1. The average molecular weight is 489 g/mol. The number of thioether (sulfide) groups is 1. The molecule has 4 rings (SSSR count). The number of aryl methyl sites for hydroxylation is 1. The minimum atomic E-state index is -3.65. The summed E-state index contributed by atoms with van der Waals surface area (Å²) in [5, 5.41) is 11.1. The van der Waals surface area contributed by atoms with Gasteiger partial charge in [-0.2, -0.15) is 4.31 Å². The maximum atomic E-state index is 12.9. The number of benzene rings is 2. The highest BCUT2D eigenvalue weighted by Crippen LogP contribution is 2.24. The highest BCUT2D eigenvalue weighted by molar-refractivity contribution is 7.99. The molecule has 33 heavy (non-hydrogen) atoms. The Kier molecular flexibility index (Phi) is 7.43. The Hall–Kier alpha value is -2.73. The van der Waals surface area contributed by atoms with Crippen molar-refractivity contribution in [3.8, 4) is 0 Å². The molecule has 1 amide bonds. The number of rotatable bonds is 8. The third-order valence-electron chi connectivity index (χ3n) is 5.06. The normalized spacial score (nSPS) is 14.8. The van der Waals surface area contributed by atoms with Crippen LogP contribution < -0.4 is 5.32 Å². The molecule has 11 heteroatoms. The maximum absolute atomic E-state index is 12.9. The first-order valence-electron chi connectivity index (χ1n) is 10.4. The SMILES string of the molecule is Cc1ccc(S(=O)(=O)N2CCOCC2)cc1NC(=O)CSc1nnc(Cc2ccccc2)o1.